The average molecular weight is 1240 g/mol. The third-order valence-corrected chi connectivity index (χ3v) is 21.7. The Bertz CT molecular complexity index is 3080. The van der Waals surface area contributed by atoms with Gasteiger partial charge in [-0.2, -0.15) is 0 Å². The smallest absolute Gasteiger partial charge is 0.231 e. The molecule has 0 spiro atoms. The van der Waals surface area contributed by atoms with Gasteiger partial charge in [-0.1, -0.05) is 166 Å². The molecule has 0 N–H and O–H groups in total. The Labute approximate surface area is 531 Å². The summed E-state index contributed by atoms with van der Waals surface area (Å²) < 4.78 is 66.7. The summed E-state index contributed by atoms with van der Waals surface area (Å²) >= 11 is 0. The zero-order valence-corrected chi connectivity index (χ0v) is 61.0. The second-order valence-corrected chi connectivity index (χ2v) is 36.4. The van der Waals surface area contributed by atoms with Crippen LogP contribution in [0.15, 0.2) is 60.7 Å². The highest BCUT2D eigenvalue weighted by Gasteiger charge is 2.43. The van der Waals surface area contributed by atoms with Crippen molar-refractivity contribution in [3.8, 4) is 68.6 Å². The van der Waals surface area contributed by atoms with Crippen LogP contribution in [0.4, 0.5) is 0 Å². The molecule has 6 aromatic rings. The van der Waals surface area contributed by atoms with Crippen molar-refractivity contribution in [3.05, 3.63) is 105 Å². The van der Waals surface area contributed by atoms with E-state index in [9.17, 15) is 0 Å². The maximum Gasteiger partial charge on any atom is 0.231 e. The van der Waals surface area contributed by atoms with Crippen LogP contribution < -0.4 is 79.2 Å². The molecule has 0 saturated heterocycles. The summed E-state index contributed by atoms with van der Waals surface area (Å²) in [5.74, 6) is 6.83. The van der Waals surface area contributed by atoms with Crippen molar-refractivity contribution in [3.63, 3.8) is 0 Å². The minimum absolute atomic E-state index is 0.0274. The van der Waals surface area contributed by atoms with Crippen LogP contribution in [0.1, 0.15) is 211 Å². The van der Waals surface area contributed by atoms with E-state index in [1.54, 1.807) is 42.7 Å². The van der Waals surface area contributed by atoms with E-state index < -0.39 is 15.8 Å². The molecule has 478 valence electrons. The number of benzene rings is 6. The van der Waals surface area contributed by atoms with Crippen LogP contribution >= 0.6 is 15.8 Å². The Morgan fingerprint density at radius 3 is 0.602 bits per heavy atom. The van der Waals surface area contributed by atoms with Crippen LogP contribution in [0.25, 0.3) is 11.1 Å². The highest BCUT2D eigenvalue weighted by atomic mass is 31.1. The molecule has 0 bridgehead atoms. The van der Waals surface area contributed by atoms with E-state index in [0.717, 1.165) is 110 Å². The Hall–Kier alpha value is -5.82. The maximum atomic E-state index is 7.07. The molecule has 88 heavy (non-hydrogen) atoms. The summed E-state index contributed by atoms with van der Waals surface area (Å²) in [7, 11) is 7.37. The van der Waals surface area contributed by atoms with Crippen LogP contribution in [-0.4, -0.2) is 56.2 Å². The number of ether oxygens (including phenoxy) is 10. The first kappa shape index (κ1) is 68.1. The lowest BCUT2D eigenvalue weighted by atomic mass is 9.79. The van der Waals surface area contributed by atoms with Crippen molar-refractivity contribution in [2.24, 2.45) is 0 Å². The highest BCUT2D eigenvalue weighted by molar-refractivity contribution is 7.81. The van der Waals surface area contributed by atoms with Gasteiger partial charge in [-0.25, -0.2) is 0 Å². The normalized spacial score (nSPS) is 14.0. The van der Waals surface area contributed by atoms with Gasteiger partial charge in [0.25, 0.3) is 0 Å². The Balaban J connectivity index is 1.74. The molecule has 0 amide bonds. The van der Waals surface area contributed by atoms with Crippen molar-refractivity contribution >= 4 is 47.7 Å². The third kappa shape index (κ3) is 12.8. The van der Waals surface area contributed by atoms with Crippen LogP contribution in [-0.2, 0) is 43.3 Å². The van der Waals surface area contributed by atoms with Gasteiger partial charge in [0.05, 0.1) is 42.7 Å². The second kappa shape index (κ2) is 23.8. The Morgan fingerprint density at radius 2 is 0.443 bits per heavy atom. The SMILES string of the molecule is COc1cc(P(c2cc(C(C)(C)C)c(OC)c(C(C)(C)C)c2)c2cc(C(C)(C)C)c(OC)c(C(C)(C)C)c2)c(-c2c(P(c3cc(C(C)(C)C)c(OC)c(C(C)(C)C)c3)c3cc(C(C)(C)C)c(OC)c(C(C)(C)C)c3)cc(OC)c3c2OCO3)c2c1OCO2. The van der Waals surface area contributed by atoms with E-state index in [-0.39, 0.29) is 56.9 Å². The van der Waals surface area contributed by atoms with Crippen LogP contribution in [0, 0.1) is 0 Å². The number of hydrogen-bond acceptors (Lipinski definition) is 10. The molecule has 6 aromatic carbocycles. The van der Waals surface area contributed by atoms with Crippen molar-refractivity contribution in [1.29, 1.82) is 0 Å². The van der Waals surface area contributed by atoms with Gasteiger partial charge in [0.2, 0.25) is 25.1 Å². The van der Waals surface area contributed by atoms with E-state index in [2.05, 4.69) is 227 Å². The summed E-state index contributed by atoms with van der Waals surface area (Å²) in [6.45, 7) is 54.6. The van der Waals surface area contributed by atoms with Gasteiger partial charge in [-0.3, -0.25) is 0 Å². The lowest BCUT2D eigenvalue weighted by Gasteiger charge is -2.35. The maximum absolute atomic E-state index is 7.07. The molecule has 2 aliphatic rings. The summed E-state index contributed by atoms with van der Waals surface area (Å²) in [6, 6.07) is 23.7. The summed E-state index contributed by atoms with van der Waals surface area (Å²) in [4.78, 5) is 0. The standard InChI is InChI=1S/C76H104O10P2/c1-69(2,3)47-31-43(32-48(61(47)79-27)70(4,5)6)87(44-33-49(71(7,8)9)62(80-28)50(34-44)72(10,11)12)57-39-55(77-25)65-67(85-41-83-65)59(57)60-58(40-56(78-26)66-68(60)86-42-84-66)88(45-35-51(73(13,14)15)63(81-29)52(36-45)74(16,17)18)46-37-53(75(19,20)21)64(82-30)54(38-46)76(22,23)24/h31-40H,41-42H2,1-30H3. The van der Waals surface area contributed by atoms with E-state index in [1.807, 2.05) is 0 Å². The van der Waals surface area contributed by atoms with Gasteiger partial charge in [0.15, 0.2) is 23.0 Å². The fourth-order valence-electron chi connectivity index (χ4n) is 12.4. The molecule has 0 radical (unpaired) electrons. The molecule has 2 heterocycles. The van der Waals surface area contributed by atoms with E-state index >= 15 is 0 Å². The molecule has 12 heteroatoms. The van der Waals surface area contributed by atoms with E-state index in [0.29, 0.717) is 34.5 Å². The summed E-state index contributed by atoms with van der Waals surface area (Å²) in [5.41, 5.74) is 7.87. The van der Waals surface area contributed by atoms with E-state index in [4.69, 9.17) is 47.4 Å². The van der Waals surface area contributed by atoms with Crippen molar-refractivity contribution in [2.75, 3.05) is 56.2 Å². The predicted octanol–water partition coefficient (Wildman–Crippen LogP) is 16.8. The minimum Gasteiger partial charge on any atom is -0.496 e. The van der Waals surface area contributed by atoms with Crippen LogP contribution in [0.2, 0.25) is 0 Å². The van der Waals surface area contributed by atoms with Gasteiger partial charge >= 0.3 is 0 Å². The second-order valence-electron chi connectivity index (χ2n) is 32.0. The topological polar surface area (TPSA) is 92.3 Å². The molecule has 2 aliphatic heterocycles. The van der Waals surface area contributed by atoms with Crippen molar-refractivity contribution in [1.82, 2.24) is 0 Å². The first-order valence-corrected chi connectivity index (χ1v) is 33.7. The van der Waals surface area contributed by atoms with Gasteiger partial charge < -0.3 is 47.4 Å². The van der Waals surface area contributed by atoms with Gasteiger partial charge in [0, 0.05) is 66.2 Å². The highest BCUT2D eigenvalue weighted by Crippen LogP contribution is 2.60. The monoisotopic (exact) mass is 1240 g/mol. The summed E-state index contributed by atoms with van der Waals surface area (Å²) in [6.07, 6.45) is 0. The van der Waals surface area contributed by atoms with Gasteiger partial charge in [-0.15, -0.1) is 0 Å². The van der Waals surface area contributed by atoms with Crippen molar-refractivity contribution in [2.45, 2.75) is 209 Å². The lowest BCUT2D eigenvalue weighted by Crippen LogP contribution is -2.31. The molecular weight excluding hydrogens is 1130 g/mol. The molecule has 0 atom stereocenters. The predicted molar refractivity (Wildman–Crippen MR) is 370 cm³/mol. The zero-order chi connectivity index (χ0) is 65.7. The van der Waals surface area contributed by atoms with Crippen LogP contribution in [0.3, 0.4) is 0 Å². The molecular formula is C76H104O10P2. The van der Waals surface area contributed by atoms with Gasteiger partial charge in [-0.05, 0) is 141 Å². The molecule has 0 unspecified atom stereocenters. The minimum atomic E-state index is -1.64. The number of methoxy groups -OCH3 is 6. The van der Waals surface area contributed by atoms with Crippen molar-refractivity contribution < 1.29 is 47.4 Å². The molecule has 0 fully saturated rings. The van der Waals surface area contributed by atoms with Gasteiger partial charge in [0.1, 0.15) is 23.0 Å². The quantitative estimate of drug-likeness (QED) is 0.104. The number of rotatable bonds is 13. The summed E-state index contributed by atoms with van der Waals surface area (Å²) in [5, 5.41) is 6.47. The zero-order valence-electron chi connectivity index (χ0n) is 59.2. The first-order valence-electron chi connectivity index (χ1n) is 31.0. The molecule has 10 nitrogen and oxygen atoms in total. The molecule has 0 saturated carbocycles. The lowest BCUT2D eigenvalue weighted by molar-refractivity contribution is 0.170. The fraction of sp³-hybridized carbons (Fsp3) is 0.526. The first-order chi connectivity index (χ1) is 40.5. The third-order valence-electron chi connectivity index (χ3n) is 17.0. The average Bonchev–Trinajstić information content (AvgIpc) is 1.20. The van der Waals surface area contributed by atoms with Crippen LogP contribution in [0.5, 0.6) is 57.5 Å². The number of hydrogen-bond donors (Lipinski definition) is 0. The molecule has 0 aromatic heterocycles. The molecule has 0 aliphatic carbocycles. The Morgan fingerprint density at radius 1 is 0.261 bits per heavy atom. The van der Waals surface area contributed by atoms with E-state index in [1.165, 1.54) is 0 Å². The largest absolute Gasteiger partial charge is 0.496 e. The molecule has 8 rings (SSSR count). The fourth-order valence-corrected chi connectivity index (χ4v) is 17.5. The Kier molecular flexibility index (Phi) is 18.4. The number of fused-ring (bicyclic) bond motifs is 2.